The van der Waals surface area contributed by atoms with Crippen LogP contribution in [0.3, 0.4) is 0 Å². The number of rotatable bonds is 27. The summed E-state index contributed by atoms with van der Waals surface area (Å²) in [6.07, 6.45) is 13.5. The number of sulfonamides is 3. The summed E-state index contributed by atoms with van der Waals surface area (Å²) in [7, 11) is -9.01. The van der Waals surface area contributed by atoms with Crippen LogP contribution in [0.2, 0.25) is 15.1 Å². The lowest BCUT2D eigenvalue weighted by molar-refractivity contribution is 0.0823. The summed E-state index contributed by atoms with van der Waals surface area (Å²) < 4.78 is 91.0. The lowest BCUT2D eigenvalue weighted by Crippen LogP contribution is -2.28. The number of nitrogens with zero attached hydrogens (tertiary/aromatic N) is 1. The molecular formula is C66H81Cl3N6O13S3. The highest BCUT2D eigenvalue weighted by molar-refractivity contribution is 7.93. The van der Waals surface area contributed by atoms with Gasteiger partial charge in [0, 0.05) is 39.2 Å². The lowest BCUT2D eigenvalue weighted by atomic mass is 9.99. The number of phenolic OH excluding ortho intramolecular Hbond substituents is 3. The standard InChI is InChI=1S/C29H43ClN2O5S.C21H22N2O4S.C16H16Cl2N2O4S/c1-3-4-5-6-7-8-9-10-11-14-19-37-20-15-18-31-29(34)25-16-12-13-17-27(25)38(35,36)32-24-21-23(2)28(33)26(30)22-24;1-13-7-5-8-15-9-6-10-18(19(13)15)28(26,27)22-16-11-14(2)20(24)17(12-16)21(25)23(3)4;1-7-4-8(2)15(13(9(7)3)16(19)22)25(23,24)20-10-5-11(17)14(21)12(18)6-10/h12-13,16-17,21-22,32-33H,3-11,14-15,18-20H2,1-2H3,(H,31,34);5-12,22,24H,1-4H3;4-6,20-21H,1-3H3,(H2,19,22). The van der Waals surface area contributed by atoms with Gasteiger partial charge in [0.25, 0.3) is 41.9 Å². The number of aryl methyl sites for hydroxylation is 5. The van der Waals surface area contributed by atoms with Gasteiger partial charge in [0.1, 0.15) is 21.3 Å². The fourth-order valence-corrected chi connectivity index (χ4v) is 14.7. The average Bonchev–Trinajstić information content (AvgIpc) is 0.815. The van der Waals surface area contributed by atoms with E-state index in [1.807, 2.05) is 31.2 Å². The zero-order valence-corrected chi connectivity index (χ0v) is 57.2. The average molecular weight is 1370 g/mol. The van der Waals surface area contributed by atoms with Crippen LogP contribution in [0.25, 0.3) is 10.8 Å². The maximum atomic E-state index is 13.1. The molecule has 19 nitrogen and oxygen atoms in total. The van der Waals surface area contributed by atoms with Crippen molar-refractivity contribution in [1.29, 1.82) is 0 Å². The summed E-state index contributed by atoms with van der Waals surface area (Å²) in [5.74, 6) is -2.36. The van der Waals surface area contributed by atoms with Crippen molar-refractivity contribution in [1.82, 2.24) is 10.2 Å². The number of anilines is 3. The Hall–Kier alpha value is -7.31. The highest BCUT2D eigenvalue weighted by atomic mass is 35.5. The van der Waals surface area contributed by atoms with Crippen LogP contribution in [0, 0.1) is 41.5 Å². The Morgan fingerprint density at radius 3 is 1.57 bits per heavy atom. The van der Waals surface area contributed by atoms with Crippen molar-refractivity contribution in [2.24, 2.45) is 5.73 Å². The number of fused-ring (bicyclic) bond motifs is 1. The molecule has 0 unspecified atom stereocenters. The molecule has 0 bridgehead atoms. The topological polar surface area (TPSA) is 301 Å². The molecule has 3 amide bonds. The molecular weight excluding hydrogens is 1290 g/mol. The van der Waals surface area contributed by atoms with Gasteiger partial charge >= 0.3 is 0 Å². The smallest absolute Gasteiger partial charge is 0.262 e. The maximum absolute atomic E-state index is 13.1. The first-order valence-electron chi connectivity index (χ1n) is 29.5. The van der Waals surface area contributed by atoms with E-state index in [4.69, 9.17) is 45.3 Å². The number of ether oxygens (including phenoxy) is 1. The molecule has 0 radical (unpaired) electrons. The number of benzene rings is 7. The van der Waals surface area contributed by atoms with E-state index in [0.29, 0.717) is 47.2 Å². The predicted molar refractivity (Wildman–Crippen MR) is 363 cm³/mol. The third-order valence-corrected chi connectivity index (χ3v) is 19.9. The normalized spacial score (nSPS) is 11.4. The molecule has 0 aliphatic heterocycles. The van der Waals surface area contributed by atoms with Gasteiger partial charge in [0.2, 0.25) is 5.91 Å². The van der Waals surface area contributed by atoms with Gasteiger partial charge in [-0.1, -0.05) is 148 Å². The number of nitrogens with one attached hydrogen (secondary N) is 4. The van der Waals surface area contributed by atoms with Gasteiger partial charge in [-0.3, -0.25) is 28.5 Å². The molecule has 0 atom stereocenters. The maximum Gasteiger partial charge on any atom is 0.262 e. The molecule has 25 heteroatoms. The Balaban J connectivity index is 0.000000254. The zero-order chi connectivity index (χ0) is 67.5. The van der Waals surface area contributed by atoms with Crippen LogP contribution in [0.4, 0.5) is 17.1 Å². The largest absolute Gasteiger partial charge is 0.507 e. The number of nitrogens with two attached hydrogens (primary N) is 1. The molecule has 7 rings (SSSR count). The minimum Gasteiger partial charge on any atom is -0.507 e. The number of hydrogen-bond acceptors (Lipinski definition) is 13. The predicted octanol–water partition coefficient (Wildman–Crippen LogP) is 14.4. The summed E-state index contributed by atoms with van der Waals surface area (Å²) in [5.41, 5.74) is 9.17. The van der Waals surface area contributed by atoms with Gasteiger partial charge in [-0.25, -0.2) is 25.3 Å². The summed E-state index contributed by atoms with van der Waals surface area (Å²) in [4.78, 5) is 38.1. The second-order valence-electron chi connectivity index (χ2n) is 22.2. The SMILES string of the molecule is CCCCCCCCCCCCOCCCNC(=O)c1ccccc1S(=O)(=O)Nc1cc(C)c(O)c(Cl)c1.Cc1cc(C)c(S(=O)(=O)Nc2cc(Cl)c(O)c(Cl)c2)c(C(N)=O)c1C.Cc1cc(NS(=O)(=O)c2cccc3cccc(C)c23)cc(C(=O)N(C)C)c1O. The van der Waals surface area contributed by atoms with Crippen LogP contribution in [-0.2, 0) is 34.8 Å². The molecule has 0 fully saturated rings. The summed E-state index contributed by atoms with van der Waals surface area (Å²) >= 11 is 17.6. The van der Waals surface area contributed by atoms with E-state index in [9.17, 15) is 55.0 Å². The van der Waals surface area contributed by atoms with Crippen LogP contribution in [0.1, 0.15) is 142 Å². The lowest BCUT2D eigenvalue weighted by Gasteiger charge is -2.17. The first-order chi connectivity index (χ1) is 42.8. The number of carbonyl (C=O) groups is 3. The first kappa shape index (κ1) is 74.4. The van der Waals surface area contributed by atoms with Gasteiger partial charge in [-0.15, -0.1) is 0 Å². The van der Waals surface area contributed by atoms with E-state index in [2.05, 4.69) is 26.4 Å². The van der Waals surface area contributed by atoms with Gasteiger partial charge in [0.05, 0.1) is 53.7 Å². The number of unbranched alkanes of at least 4 members (excludes halogenated alkanes) is 9. The van der Waals surface area contributed by atoms with Crippen LogP contribution < -0.4 is 25.2 Å². The number of hydrogen-bond donors (Lipinski definition) is 8. The van der Waals surface area contributed by atoms with Gasteiger partial charge in [-0.2, -0.15) is 0 Å². The zero-order valence-electron chi connectivity index (χ0n) is 52.5. The number of halogens is 3. The fraction of sp³-hybridized carbons (Fsp3) is 0.348. The van der Waals surface area contributed by atoms with Crippen molar-refractivity contribution >= 4 is 110 Å². The van der Waals surface area contributed by atoms with E-state index in [1.54, 1.807) is 79.0 Å². The summed E-state index contributed by atoms with van der Waals surface area (Å²) in [5, 5.41) is 33.7. The molecule has 492 valence electrons. The monoisotopic (exact) mass is 1370 g/mol. The molecule has 0 spiro atoms. The Kier molecular flexibility index (Phi) is 27.7. The van der Waals surface area contributed by atoms with Crippen LogP contribution in [-0.4, -0.2) is 97.0 Å². The second-order valence-corrected chi connectivity index (χ2v) is 28.3. The highest BCUT2D eigenvalue weighted by Gasteiger charge is 2.28. The van der Waals surface area contributed by atoms with Gasteiger partial charge in [-0.05, 0) is 148 Å². The molecule has 0 saturated carbocycles. The first-order valence-corrected chi connectivity index (χ1v) is 35.1. The van der Waals surface area contributed by atoms with E-state index >= 15 is 0 Å². The molecule has 7 aromatic carbocycles. The quantitative estimate of drug-likeness (QED) is 0.0176. The second kappa shape index (κ2) is 33.8. The number of phenols is 3. The third kappa shape index (κ3) is 20.6. The van der Waals surface area contributed by atoms with Crippen molar-refractivity contribution in [3.8, 4) is 17.2 Å². The molecule has 7 aromatic rings. The number of aromatic hydroxyl groups is 3. The van der Waals surface area contributed by atoms with Crippen molar-refractivity contribution in [3.63, 3.8) is 0 Å². The van der Waals surface area contributed by atoms with E-state index in [1.165, 1.54) is 111 Å². The Bertz CT molecular complexity index is 4060. The molecule has 0 aliphatic carbocycles. The third-order valence-electron chi connectivity index (χ3n) is 14.6. The van der Waals surface area contributed by atoms with Crippen molar-refractivity contribution in [2.75, 3.05) is 48.0 Å². The molecule has 0 aromatic heterocycles. The van der Waals surface area contributed by atoms with Crippen LogP contribution in [0.5, 0.6) is 17.2 Å². The molecule has 0 saturated heterocycles. The van der Waals surface area contributed by atoms with Crippen molar-refractivity contribution < 1.29 is 59.7 Å². The minimum absolute atomic E-state index is 0.0316. The Morgan fingerprint density at radius 2 is 1.00 bits per heavy atom. The van der Waals surface area contributed by atoms with Gasteiger partial charge in [0.15, 0.2) is 5.75 Å². The molecule has 0 aliphatic rings. The minimum atomic E-state index is -4.16. The van der Waals surface area contributed by atoms with Crippen LogP contribution in [0.15, 0.2) is 118 Å². The van der Waals surface area contributed by atoms with E-state index < -0.39 is 47.8 Å². The Morgan fingerprint density at radius 1 is 0.516 bits per heavy atom. The van der Waals surface area contributed by atoms with Crippen LogP contribution >= 0.6 is 34.8 Å². The molecule has 0 heterocycles. The number of carbonyl (C=O) groups excluding carboxylic acids is 3. The van der Waals surface area contributed by atoms with Gasteiger partial charge < -0.3 is 36.0 Å². The molecule has 91 heavy (non-hydrogen) atoms. The fourth-order valence-electron chi connectivity index (χ4n) is 9.86. The number of amides is 3. The van der Waals surface area contributed by atoms with Crippen molar-refractivity contribution in [2.45, 2.75) is 134 Å². The van der Waals surface area contributed by atoms with Crippen molar-refractivity contribution in [3.05, 3.63) is 168 Å². The molecule has 9 N–H and O–H groups in total. The van der Waals surface area contributed by atoms with E-state index in [-0.39, 0.29) is 80.8 Å². The Labute approximate surface area is 549 Å². The highest BCUT2D eigenvalue weighted by Crippen LogP contribution is 2.37. The van der Waals surface area contributed by atoms with E-state index in [0.717, 1.165) is 29.5 Å². The summed E-state index contributed by atoms with van der Waals surface area (Å²) in [6.45, 7) is 13.9. The number of primary amides is 1. The summed E-state index contributed by atoms with van der Waals surface area (Å²) in [6, 6.07) is 26.4.